The molecular weight excluding hydrogens is 430 g/mol. The number of hydrogen-bond acceptors (Lipinski definition) is 4. The quantitative estimate of drug-likeness (QED) is 0.500. The van der Waals surface area contributed by atoms with Crippen LogP contribution in [0.3, 0.4) is 0 Å². The van der Waals surface area contributed by atoms with Crippen molar-refractivity contribution in [3.8, 4) is 0 Å². The van der Waals surface area contributed by atoms with Crippen molar-refractivity contribution >= 4 is 29.3 Å². The Labute approximate surface area is 200 Å². The second-order valence-electron chi connectivity index (χ2n) is 11.0. The van der Waals surface area contributed by atoms with Crippen molar-refractivity contribution in [1.82, 2.24) is 10.2 Å². The highest BCUT2D eigenvalue weighted by Crippen LogP contribution is 2.31. The molecule has 0 bridgehead atoms. The number of carbonyl (C=O) groups excluding carboxylic acids is 4. The van der Waals surface area contributed by atoms with Crippen LogP contribution in [0.5, 0.6) is 0 Å². The number of nitrogens with one attached hydrogen (secondary N) is 2. The highest BCUT2D eigenvalue weighted by molar-refractivity contribution is 6.11. The smallest absolute Gasteiger partial charge is 0.325 e. The second kappa shape index (κ2) is 8.70. The lowest BCUT2D eigenvalue weighted by Gasteiger charge is -2.24. The Balaban J connectivity index is 1.72. The number of hydrogen-bond donors (Lipinski definition) is 2. The molecule has 0 spiro atoms. The Morgan fingerprint density at radius 2 is 1.47 bits per heavy atom. The lowest BCUT2D eigenvalue weighted by Crippen LogP contribution is -2.41. The summed E-state index contributed by atoms with van der Waals surface area (Å²) in [5.74, 6) is -0.978. The SMILES string of the molecule is CC(C)(C)C(=O)Nc1ccc(C(=O)CN2C(=O)NC(C)(c3ccc(C(C)(C)C)cc3)C2=O)cc1. The topological polar surface area (TPSA) is 95.6 Å². The molecule has 0 saturated carbocycles. The van der Waals surface area contributed by atoms with Crippen LogP contribution >= 0.6 is 0 Å². The van der Waals surface area contributed by atoms with E-state index in [1.807, 2.05) is 45.0 Å². The summed E-state index contributed by atoms with van der Waals surface area (Å²) in [4.78, 5) is 51.7. The first-order chi connectivity index (χ1) is 15.6. The van der Waals surface area contributed by atoms with Crippen LogP contribution in [0.2, 0.25) is 0 Å². The standard InChI is InChI=1S/C27H33N3O4/c1-25(2,3)18-10-12-19(13-11-18)27(7)23(33)30(24(34)29-27)16-21(31)17-8-14-20(15-9-17)28-22(32)26(4,5)6/h8-15H,16H2,1-7H3,(H,28,32)(H,29,34). The summed E-state index contributed by atoms with van der Waals surface area (Å²) in [7, 11) is 0. The first-order valence-electron chi connectivity index (χ1n) is 11.3. The molecule has 0 radical (unpaired) electrons. The van der Waals surface area contributed by atoms with Gasteiger partial charge in [0.25, 0.3) is 5.91 Å². The number of Topliss-reactive ketones (excluding diaryl/α,β-unsaturated/α-hetero) is 1. The van der Waals surface area contributed by atoms with E-state index in [-0.39, 0.29) is 23.7 Å². The van der Waals surface area contributed by atoms with Crippen molar-refractivity contribution in [3.63, 3.8) is 0 Å². The van der Waals surface area contributed by atoms with Gasteiger partial charge in [-0.05, 0) is 47.7 Å². The molecule has 0 aliphatic carbocycles. The molecule has 1 saturated heterocycles. The van der Waals surface area contributed by atoms with E-state index in [0.29, 0.717) is 16.8 Å². The van der Waals surface area contributed by atoms with E-state index >= 15 is 0 Å². The fourth-order valence-electron chi connectivity index (χ4n) is 3.63. The van der Waals surface area contributed by atoms with Gasteiger partial charge >= 0.3 is 6.03 Å². The van der Waals surface area contributed by atoms with Gasteiger partial charge < -0.3 is 10.6 Å². The molecule has 1 aliphatic heterocycles. The highest BCUT2D eigenvalue weighted by Gasteiger charge is 2.49. The minimum atomic E-state index is -1.24. The average molecular weight is 464 g/mol. The molecule has 1 unspecified atom stereocenters. The highest BCUT2D eigenvalue weighted by atomic mass is 16.2. The summed E-state index contributed by atoms with van der Waals surface area (Å²) >= 11 is 0. The van der Waals surface area contributed by atoms with Gasteiger partial charge in [-0.15, -0.1) is 0 Å². The maximum atomic E-state index is 13.2. The summed E-state index contributed by atoms with van der Waals surface area (Å²) in [6, 6.07) is 13.4. The zero-order valence-electron chi connectivity index (χ0n) is 20.9. The molecule has 7 heteroatoms. The van der Waals surface area contributed by atoms with E-state index in [2.05, 4.69) is 31.4 Å². The molecule has 2 N–H and O–H groups in total. The van der Waals surface area contributed by atoms with Crippen molar-refractivity contribution in [1.29, 1.82) is 0 Å². The third-order valence-electron chi connectivity index (χ3n) is 6.05. The number of rotatable bonds is 5. The molecule has 1 aliphatic rings. The minimum absolute atomic E-state index is 0.0358. The predicted octanol–water partition coefficient (Wildman–Crippen LogP) is 4.62. The third kappa shape index (κ3) is 5.03. The van der Waals surface area contributed by atoms with Crippen LogP contribution in [0.15, 0.2) is 48.5 Å². The van der Waals surface area contributed by atoms with Gasteiger partial charge in [0.1, 0.15) is 5.54 Å². The summed E-state index contributed by atoms with van der Waals surface area (Å²) in [6.07, 6.45) is 0. The van der Waals surface area contributed by atoms with Gasteiger partial charge in [0.2, 0.25) is 5.91 Å². The van der Waals surface area contributed by atoms with Gasteiger partial charge in [0, 0.05) is 16.7 Å². The summed E-state index contributed by atoms with van der Waals surface area (Å²) < 4.78 is 0. The number of imide groups is 1. The molecule has 180 valence electrons. The van der Waals surface area contributed by atoms with Gasteiger partial charge in [0.15, 0.2) is 5.78 Å². The van der Waals surface area contributed by atoms with Gasteiger partial charge in [-0.2, -0.15) is 0 Å². The summed E-state index contributed by atoms with van der Waals surface area (Å²) in [5.41, 5.74) is 0.868. The van der Waals surface area contributed by atoms with Crippen LogP contribution in [0.25, 0.3) is 0 Å². The number of nitrogens with zero attached hydrogens (tertiary/aromatic N) is 1. The van der Waals surface area contributed by atoms with Gasteiger partial charge in [-0.1, -0.05) is 65.8 Å². The molecule has 1 fully saturated rings. The maximum absolute atomic E-state index is 13.2. The molecular formula is C27H33N3O4. The molecule has 2 aromatic carbocycles. The number of amides is 4. The monoisotopic (exact) mass is 463 g/mol. The predicted molar refractivity (Wildman–Crippen MR) is 132 cm³/mol. The Kier molecular flexibility index (Phi) is 6.44. The summed E-state index contributed by atoms with van der Waals surface area (Å²) in [6.45, 7) is 13.0. The molecule has 1 atom stereocenters. The first-order valence-corrected chi connectivity index (χ1v) is 11.3. The van der Waals surface area contributed by atoms with E-state index in [1.54, 1.807) is 31.2 Å². The number of ketones is 1. The average Bonchev–Trinajstić information content (AvgIpc) is 2.97. The number of carbonyl (C=O) groups is 4. The number of anilines is 1. The molecule has 3 rings (SSSR count). The van der Waals surface area contributed by atoms with E-state index < -0.39 is 22.9 Å². The van der Waals surface area contributed by atoms with Gasteiger partial charge in [0.05, 0.1) is 6.54 Å². The van der Waals surface area contributed by atoms with Crippen LogP contribution in [0, 0.1) is 5.41 Å². The van der Waals surface area contributed by atoms with Gasteiger partial charge in [-0.25, -0.2) is 4.79 Å². The number of urea groups is 1. The van der Waals surface area contributed by atoms with Crippen LogP contribution in [-0.2, 0) is 20.5 Å². The first kappa shape index (κ1) is 25.1. The fraction of sp³-hybridized carbons (Fsp3) is 0.407. The van der Waals surface area contributed by atoms with E-state index in [4.69, 9.17) is 0 Å². The Bertz CT molecular complexity index is 1120. The zero-order valence-corrected chi connectivity index (χ0v) is 20.9. The van der Waals surface area contributed by atoms with Gasteiger partial charge in [-0.3, -0.25) is 19.3 Å². The molecule has 4 amide bonds. The van der Waals surface area contributed by atoms with Crippen molar-refractivity contribution in [2.75, 3.05) is 11.9 Å². The fourth-order valence-corrected chi connectivity index (χ4v) is 3.63. The largest absolute Gasteiger partial charge is 0.326 e. The lowest BCUT2D eigenvalue weighted by atomic mass is 9.84. The van der Waals surface area contributed by atoms with Crippen LogP contribution in [-0.4, -0.2) is 35.1 Å². The van der Waals surface area contributed by atoms with Crippen molar-refractivity contribution < 1.29 is 19.2 Å². The lowest BCUT2D eigenvalue weighted by molar-refractivity contribution is -0.130. The summed E-state index contributed by atoms with van der Waals surface area (Å²) in [5, 5.41) is 5.54. The molecule has 1 heterocycles. The zero-order chi connectivity index (χ0) is 25.5. The van der Waals surface area contributed by atoms with Crippen LogP contribution < -0.4 is 10.6 Å². The Morgan fingerprint density at radius 1 is 0.912 bits per heavy atom. The van der Waals surface area contributed by atoms with Crippen LogP contribution in [0.1, 0.15) is 70.0 Å². The molecule has 34 heavy (non-hydrogen) atoms. The maximum Gasteiger partial charge on any atom is 0.325 e. The van der Waals surface area contributed by atoms with Crippen LogP contribution in [0.4, 0.5) is 10.5 Å². The normalized spacial score (nSPS) is 18.6. The molecule has 7 nitrogen and oxygen atoms in total. The minimum Gasteiger partial charge on any atom is -0.326 e. The molecule has 2 aromatic rings. The number of benzene rings is 2. The third-order valence-corrected chi connectivity index (χ3v) is 6.05. The van der Waals surface area contributed by atoms with Crippen molar-refractivity contribution in [3.05, 3.63) is 65.2 Å². The van der Waals surface area contributed by atoms with Crippen molar-refractivity contribution in [2.24, 2.45) is 5.41 Å². The Morgan fingerprint density at radius 3 is 1.97 bits per heavy atom. The van der Waals surface area contributed by atoms with E-state index in [1.165, 1.54) is 0 Å². The van der Waals surface area contributed by atoms with E-state index in [9.17, 15) is 19.2 Å². The Hall–Kier alpha value is -3.48. The molecule has 0 aromatic heterocycles. The van der Waals surface area contributed by atoms with E-state index in [0.717, 1.165) is 10.5 Å². The van der Waals surface area contributed by atoms with Crippen molar-refractivity contribution in [2.45, 2.75) is 59.4 Å². The second-order valence-corrected chi connectivity index (χ2v) is 11.0.